The molecule has 1 saturated carbocycles. The van der Waals surface area contributed by atoms with E-state index in [9.17, 15) is 0 Å². The topological polar surface area (TPSA) is 0 Å². The molecule has 2 rings (SSSR count). The third kappa shape index (κ3) is 3.21. The second kappa shape index (κ2) is 6.24. The first-order valence-corrected chi connectivity index (χ1v) is 7.31. The highest BCUT2D eigenvalue weighted by atomic mass is 79.9. The van der Waals surface area contributed by atoms with E-state index in [1.807, 2.05) is 0 Å². The molecule has 0 heterocycles. The highest BCUT2D eigenvalue weighted by molar-refractivity contribution is 9.09. The van der Waals surface area contributed by atoms with Gasteiger partial charge in [0.2, 0.25) is 0 Å². The van der Waals surface area contributed by atoms with Gasteiger partial charge in [-0.05, 0) is 43.6 Å². The maximum absolute atomic E-state index is 3.48. The Balaban J connectivity index is 1.90. The molecule has 0 saturated heterocycles. The Hall–Kier alpha value is -0.560. The van der Waals surface area contributed by atoms with Crippen molar-refractivity contribution in [2.45, 2.75) is 38.0 Å². The van der Waals surface area contributed by atoms with Gasteiger partial charge in [0.15, 0.2) is 0 Å². The Labute approximate surface area is 107 Å². The summed E-state index contributed by atoms with van der Waals surface area (Å²) in [6, 6.07) is 11.0. The Morgan fingerprint density at radius 3 is 2.44 bits per heavy atom. The van der Waals surface area contributed by atoms with Crippen LogP contribution in [-0.2, 0) is 0 Å². The molecule has 0 aliphatic heterocycles. The van der Waals surface area contributed by atoms with Crippen molar-refractivity contribution in [1.82, 2.24) is 0 Å². The van der Waals surface area contributed by atoms with Crippen molar-refractivity contribution in [2.24, 2.45) is 0 Å². The van der Waals surface area contributed by atoms with Gasteiger partial charge < -0.3 is 0 Å². The van der Waals surface area contributed by atoms with Crippen molar-refractivity contribution in [3.63, 3.8) is 0 Å². The van der Waals surface area contributed by atoms with Crippen molar-refractivity contribution in [3.8, 4) is 0 Å². The molecule has 86 valence electrons. The summed E-state index contributed by atoms with van der Waals surface area (Å²) in [4.78, 5) is 0. The molecule has 16 heavy (non-hydrogen) atoms. The Morgan fingerprint density at radius 1 is 1.12 bits per heavy atom. The van der Waals surface area contributed by atoms with Crippen LogP contribution in [0.5, 0.6) is 0 Å². The van der Waals surface area contributed by atoms with E-state index >= 15 is 0 Å². The van der Waals surface area contributed by atoms with Crippen LogP contribution >= 0.6 is 15.9 Å². The maximum Gasteiger partial charge on any atom is 0.00660 e. The van der Waals surface area contributed by atoms with Gasteiger partial charge in [0, 0.05) is 5.33 Å². The number of alkyl halides is 1. The van der Waals surface area contributed by atoms with Gasteiger partial charge in [-0.1, -0.05) is 57.9 Å². The van der Waals surface area contributed by atoms with Crippen molar-refractivity contribution < 1.29 is 0 Å². The number of hydrogen-bond donors (Lipinski definition) is 0. The van der Waals surface area contributed by atoms with E-state index in [0.29, 0.717) is 0 Å². The fraction of sp³-hybridized carbons (Fsp3) is 0.467. The molecule has 0 unspecified atom stereocenters. The van der Waals surface area contributed by atoms with Crippen LogP contribution in [0.25, 0.3) is 0 Å². The fourth-order valence-electron chi connectivity index (χ4n) is 2.51. The molecule has 1 fully saturated rings. The standard InChI is InChI=1S/C15H19Br/c16-12-4-5-13-8-10-15(11-9-13)14-6-2-1-3-7-14/h1-3,5-7,15H,4,8-12H2. The summed E-state index contributed by atoms with van der Waals surface area (Å²) in [5.74, 6) is 0.794. The number of benzene rings is 1. The first-order chi connectivity index (χ1) is 7.90. The summed E-state index contributed by atoms with van der Waals surface area (Å²) < 4.78 is 0. The van der Waals surface area contributed by atoms with E-state index < -0.39 is 0 Å². The molecular formula is C15H19Br. The number of halogens is 1. The molecule has 0 aromatic heterocycles. The van der Waals surface area contributed by atoms with Crippen molar-refractivity contribution in [3.05, 3.63) is 47.5 Å². The average molecular weight is 279 g/mol. The van der Waals surface area contributed by atoms with Crippen LogP contribution in [0, 0.1) is 0 Å². The van der Waals surface area contributed by atoms with Gasteiger partial charge in [-0.3, -0.25) is 0 Å². The minimum absolute atomic E-state index is 0.794. The molecule has 0 atom stereocenters. The summed E-state index contributed by atoms with van der Waals surface area (Å²) in [5, 5.41) is 1.10. The summed E-state index contributed by atoms with van der Waals surface area (Å²) >= 11 is 3.48. The van der Waals surface area contributed by atoms with E-state index in [0.717, 1.165) is 11.2 Å². The summed E-state index contributed by atoms with van der Waals surface area (Å²) in [7, 11) is 0. The zero-order valence-electron chi connectivity index (χ0n) is 9.66. The predicted molar refractivity (Wildman–Crippen MR) is 74.1 cm³/mol. The number of hydrogen-bond acceptors (Lipinski definition) is 0. The molecule has 1 aromatic rings. The monoisotopic (exact) mass is 278 g/mol. The lowest BCUT2D eigenvalue weighted by Gasteiger charge is -2.24. The molecule has 0 bridgehead atoms. The quantitative estimate of drug-likeness (QED) is 0.536. The van der Waals surface area contributed by atoms with Crippen LogP contribution < -0.4 is 0 Å². The first kappa shape index (κ1) is 11.9. The van der Waals surface area contributed by atoms with Crippen molar-refractivity contribution in [2.75, 3.05) is 5.33 Å². The third-order valence-corrected chi connectivity index (χ3v) is 3.90. The van der Waals surface area contributed by atoms with Crippen LogP contribution in [0.4, 0.5) is 0 Å². The second-order valence-electron chi connectivity index (χ2n) is 4.52. The maximum atomic E-state index is 3.48. The number of allylic oxidation sites excluding steroid dienone is 2. The minimum Gasteiger partial charge on any atom is -0.0925 e. The fourth-order valence-corrected chi connectivity index (χ4v) is 2.74. The molecule has 1 aliphatic carbocycles. The number of rotatable bonds is 3. The molecule has 0 N–H and O–H groups in total. The second-order valence-corrected chi connectivity index (χ2v) is 5.32. The Kier molecular flexibility index (Phi) is 4.65. The lowest BCUT2D eigenvalue weighted by Crippen LogP contribution is -2.06. The molecule has 1 aliphatic rings. The molecule has 0 spiro atoms. The molecular weight excluding hydrogens is 260 g/mol. The van der Waals surface area contributed by atoms with E-state index in [1.54, 1.807) is 5.57 Å². The van der Waals surface area contributed by atoms with Crippen molar-refractivity contribution >= 4 is 15.9 Å². The highest BCUT2D eigenvalue weighted by Gasteiger charge is 2.17. The van der Waals surface area contributed by atoms with Crippen LogP contribution in [0.1, 0.15) is 43.6 Å². The van der Waals surface area contributed by atoms with Crippen LogP contribution in [0.2, 0.25) is 0 Å². The van der Waals surface area contributed by atoms with Crippen LogP contribution in [-0.4, -0.2) is 5.33 Å². The van der Waals surface area contributed by atoms with Gasteiger partial charge in [-0.25, -0.2) is 0 Å². The average Bonchev–Trinajstić information content (AvgIpc) is 2.38. The molecule has 1 aromatic carbocycles. The van der Waals surface area contributed by atoms with Gasteiger partial charge in [0.1, 0.15) is 0 Å². The van der Waals surface area contributed by atoms with E-state index in [1.165, 1.54) is 37.7 Å². The van der Waals surface area contributed by atoms with E-state index in [2.05, 4.69) is 52.3 Å². The van der Waals surface area contributed by atoms with Crippen LogP contribution in [0.3, 0.4) is 0 Å². The smallest absolute Gasteiger partial charge is 0.00660 e. The zero-order chi connectivity index (χ0) is 11.2. The van der Waals surface area contributed by atoms with Crippen molar-refractivity contribution in [1.29, 1.82) is 0 Å². The first-order valence-electron chi connectivity index (χ1n) is 6.19. The molecule has 1 heteroatoms. The van der Waals surface area contributed by atoms with Gasteiger partial charge in [-0.2, -0.15) is 0 Å². The third-order valence-electron chi connectivity index (χ3n) is 3.44. The zero-order valence-corrected chi connectivity index (χ0v) is 11.2. The van der Waals surface area contributed by atoms with E-state index in [-0.39, 0.29) is 0 Å². The van der Waals surface area contributed by atoms with Gasteiger partial charge in [-0.15, -0.1) is 0 Å². The lowest BCUT2D eigenvalue weighted by molar-refractivity contribution is 0.515. The predicted octanol–water partition coefficient (Wildman–Crippen LogP) is 5.06. The summed E-state index contributed by atoms with van der Waals surface area (Å²) in [5.41, 5.74) is 3.20. The minimum atomic E-state index is 0.794. The summed E-state index contributed by atoms with van der Waals surface area (Å²) in [6.07, 6.45) is 8.87. The summed E-state index contributed by atoms with van der Waals surface area (Å²) in [6.45, 7) is 0. The normalized spacial score (nSPS) is 20.8. The lowest BCUT2D eigenvalue weighted by atomic mass is 9.81. The van der Waals surface area contributed by atoms with Gasteiger partial charge >= 0.3 is 0 Å². The molecule has 0 nitrogen and oxygen atoms in total. The Morgan fingerprint density at radius 2 is 1.81 bits per heavy atom. The van der Waals surface area contributed by atoms with Gasteiger partial charge in [0.25, 0.3) is 0 Å². The highest BCUT2D eigenvalue weighted by Crippen LogP contribution is 2.35. The van der Waals surface area contributed by atoms with Crippen LogP contribution in [0.15, 0.2) is 42.0 Å². The van der Waals surface area contributed by atoms with Gasteiger partial charge in [0.05, 0.1) is 0 Å². The Bertz CT molecular complexity index is 330. The SMILES string of the molecule is BrCCC=C1CCC(c2ccccc2)CC1. The van der Waals surface area contributed by atoms with E-state index in [4.69, 9.17) is 0 Å². The molecule has 0 radical (unpaired) electrons. The largest absolute Gasteiger partial charge is 0.0925 e. The molecule has 0 amide bonds.